The van der Waals surface area contributed by atoms with E-state index in [4.69, 9.17) is 5.11 Å². The molecule has 0 saturated heterocycles. The third-order valence-electron chi connectivity index (χ3n) is 1.52. The Kier molecular flexibility index (Phi) is 2.52. The summed E-state index contributed by atoms with van der Waals surface area (Å²) in [4.78, 5) is 29.9. The van der Waals surface area contributed by atoms with Crippen LogP contribution in [0.3, 0.4) is 0 Å². The van der Waals surface area contributed by atoms with Crippen LogP contribution in [0, 0.1) is 15.0 Å². The summed E-state index contributed by atoms with van der Waals surface area (Å²) in [5.41, 5.74) is -1.47. The first-order valence-corrected chi connectivity index (χ1v) is 3.40. The molecule has 0 aliphatic carbocycles. The maximum atomic E-state index is 10.4. The summed E-state index contributed by atoms with van der Waals surface area (Å²) < 4.78 is 0. The highest BCUT2D eigenvalue weighted by Gasteiger charge is 2.20. The Morgan fingerprint density at radius 3 is 2.57 bits per heavy atom. The van der Waals surface area contributed by atoms with Crippen LogP contribution in [0.25, 0.3) is 0 Å². The van der Waals surface area contributed by atoms with Crippen LogP contribution >= 0.6 is 0 Å². The van der Waals surface area contributed by atoms with Gasteiger partial charge in [-0.2, -0.15) is 0 Å². The van der Waals surface area contributed by atoms with Crippen molar-refractivity contribution in [1.29, 1.82) is 0 Å². The van der Waals surface area contributed by atoms with E-state index in [1.807, 2.05) is 0 Å². The zero-order valence-corrected chi connectivity index (χ0v) is 6.71. The van der Waals surface area contributed by atoms with Gasteiger partial charge in [-0.1, -0.05) is 0 Å². The largest absolute Gasteiger partial charge is 0.505 e. The predicted molar refractivity (Wildman–Crippen MR) is 45.6 cm³/mol. The Morgan fingerprint density at radius 1 is 1.50 bits per heavy atom. The molecule has 0 heterocycles. The van der Waals surface area contributed by atoms with Crippen molar-refractivity contribution in [3.63, 3.8) is 0 Å². The number of nitroso groups, excluding NO2 is 1. The van der Waals surface area contributed by atoms with Crippen molar-refractivity contribution in [2.45, 2.75) is 0 Å². The average molecular weight is 196 g/mol. The van der Waals surface area contributed by atoms with Crippen molar-refractivity contribution >= 4 is 17.7 Å². The molecule has 0 aromatic heterocycles. The number of rotatable bonds is 3. The van der Waals surface area contributed by atoms with E-state index in [0.29, 0.717) is 6.29 Å². The van der Waals surface area contributed by atoms with Gasteiger partial charge in [-0.15, -0.1) is 4.91 Å². The second-order valence-corrected chi connectivity index (χ2v) is 2.37. The molecule has 0 spiro atoms. The van der Waals surface area contributed by atoms with Crippen molar-refractivity contribution in [2.75, 3.05) is 0 Å². The molecule has 0 aliphatic heterocycles. The number of phenolic OH excluding ortho intramolecular Hbond substituents is 1. The third kappa shape index (κ3) is 1.56. The predicted octanol–water partition coefficient (Wildman–Crippen LogP) is 1.51. The number of carbonyl (C=O) groups excluding carboxylic acids is 1. The first kappa shape index (κ1) is 9.78. The van der Waals surface area contributed by atoms with Gasteiger partial charge in [0.25, 0.3) is 0 Å². The van der Waals surface area contributed by atoms with E-state index < -0.39 is 22.0 Å². The molecule has 0 radical (unpaired) electrons. The minimum absolute atomic E-state index is 0.0957. The number of hydrogen-bond acceptors (Lipinski definition) is 6. The molecule has 0 aliphatic rings. The van der Waals surface area contributed by atoms with Crippen molar-refractivity contribution in [2.24, 2.45) is 5.18 Å². The van der Waals surface area contributed by atoms with Gasteiger partial charge in [0.15, 0.2) is 5.75 Å². The van der Waals surface area contributed by atoms with Crippen LogP contribution in [-0.2, 0) is 0 Å². The second kappa shape index (κ2) is 3.60. The monoisotopic (exact) mass is 196 g/mol. The molecular formula is C7H4N2O5. The summed E-state index contributed by atoms with van der Waals surface area (Å²) in [6.45, 7) is 0. The molecule has 0 unspecified atom stereocenters. The number of phenols is 1. The fraction of sp³-hybridized carbons (Fsp3) is 0. The van der Waals surface area contributed by atoms with E-state index in [-0.39, 0.29) is 5.56 Å². The van der Waals surface area contributed by atoms with E-state index in [9.17, 15) is 19.8 Å². The number of nitro benzene ring substituents is 1. The highest BCUT2D eigenvalue weighted by Crippen LogP contribution is 2.36. The molecule has 7 nitrogen and oxygen atoms in total. The average Bonchev–Trinajstić information content (AvgIpc) is 2.16. The van der Waals surface area contributed by atoms with Crippen molar-refractivity contribution in [1.82, 2.24) is 0 Å². The smallest absolute Gasteiger partial charge is 0.303 e. The van der Waals surface area contributed by atoms with E-state index in [1.54, 1.807) is 0 Å². The molecule has 1 aromatic carbocycles. The standard InChI is InChI=1S/C7H4N2O5/c10-3-4-1-5(9(13)14)7(8-12)6(11)2-4/h1-3,11H. The zero-order chi connectivity index (χ0) is 10.7. The van der Waals surface area contributed by atoms with Gasteiger partial charge in [0, 0.05) is 11.6 Å². The van der Waals surface area contributed by atoms with Gasteiger partial charge in [-0.3, -0.25) is 14.9 Å². The molecule has 0 fully saturated rings. The molecule has 0 saturated carbocycles. The van der Waals surface area contributed by atoms with Crippen molar-refractivity contribution in [3.8, 4) is 5.75 Å². The summed E-state index contributed by atoms with van der Waals surface area (Å²) in [5, 5.41) is 21.8. The van der Waals surface area contributed by atoms with Crippen LogP contribution in [-0.4, -0.2) is 16.3 Å². The quantitative estimate of drug-likeness (QED) is 0.341. The Morgan fingerprint density at radius 2 is 2.14 bits per heavy atom. The van der Waals surface area contributed by atoms with Gasteiger partial charge in [-0.05, 0) is 11.2 Å². The van der Waals surface area contributed by atoms with Gasteiger partial charge < -0.3 is 5.11 Å². The summed E-state index contributed by atoms with van der Waals surface area (Å²) in [6.07, 6.45) is 0.321. The number of aromatic hydroxyl groups is 1. The fourth-order valence-electron chi connectivity index (χ4n) is 0.926. The lowest BCUT2D eigenvalue weighted by Crippen LogP contribution is -1.91. The number of benzene rings is 1. The van der Waals surface area contributed by atoms with Gasteiger partial charge in [0.05, 0.1) is 4.92 Å². The highest BCUT2D eigenvalue weighted by atomic mass is 16.6. The van der Waals surface area contributed by atoms with E-state index in [1.165, 1.54) is 0 Å². The molecule has 1 aromatic rings. The zero-order valence-electron chi connectivity index (χ0n) is 6.71. The fourth-order valence-corrected chi connectivity index (χ4v) is 0.926. The molecular weight excluding hydrogens is 192 g/mol. The first-order chi connectivity index (χ1) is 6.60. The SMILES string of the molecule is O=Cc1cc(O)c(N=O)c([N+](=O)[O-])c1. The maximum Gasteiger partial charge on any atom is 0.303 e. The minimum atomic E-state index is -0.899. The van der Waals surface area contributed by atoms with E-state index in [0.717, 1.165) is 12.1 Å². The van der Waals surface area contributed by atoms with Crippen LogP contribution in [0.1, 0.15) is 10.4 Å². The summed E-state index contributed by atoms with van der Waals surface area (Å²) in [7, 11) is 0. The van der Waals surface area contributed by atoms with Crippen molar-refractivity contribution < 1.29 is 14.8 Å². The minimum Gasteiger partial charge on any atom is -0.505 e. The molecule has 0 atom stereocenters. The molecule has 1 N–H and O–H groups in total. The third-order valence-corrected chi connectivity index (χ3v) is 1.52. The lowest BCUT2D eigenvalue weighted by Gasteiger charge is -1.98. The lowest BCUT2D eigenvalue weighted by atomic mass is 10.2. The normalized spacial score (nSPS) is 9.43. The molecule has 72 valence electrons. The maximum absolute atomic E-state index is 10.4. The van der Waals surface area contributed by atoms with Gasteiger partial charge in [-0.25, -0.2) is 0 Å². The highest BCUT2D eigenvalue weighted by molar-refractivity contribution is 5.81. The number of carbonyl (C=O) groups is 1. The Hall–Kier alpha value is -2.31. The molecule has 0 amide bonds. The van der Waals surface area contributed by atoms with E-state index >= 15 is 0 Å². The van der Waals surface area contributed by atoms with Crippen LogP contribution in [0.5, 0.6) is 5.75 Å². The Bertz CT molecular complexity index is 415. The van der Waals surface area contributed by atoms with E-state index in [2.05, 4.69) is 5.18 Å². The Labute approximate surface area is 77.1 Å². The molecule has 14 heavy (non-hydrogen) atoms. The van der Waals surface area contributed by atoms with Crippen LogP contribution in [0.2, 0.25) is 0 Å². The summed E-state index contributed by atoms with van der Waals surface area (Å²) in [6, 6.07) is 1.79. The topological polar surface area (TPSA) is 110 Å². The number of nitrogens with zero attached hydrogens (tertiary/aromatic N) is 2. The van der Waals surface area contributed by atoms with Gasteiger partial charge in [0.1, 0.15) is 6.29 Å². The number of nitro groups is 1. The Balaban J connectivity index is 3.50. The van der Waals surface area contributed by atoms with Gasteiger partial charge in [0.2, 0.25) is 5.69 Å². The molecule has 1 rings (SSSR count). The van der Waals surface area contributed by atoms with Crippen LogP contribution in [0.4, 0.5) is 11.4 Å². The lowest BCUT2D eigenvalue weighted by molar-refractivity contribution is -0.384. The van der Waals surface area contributed by atoms with Crippen LogP contribution in [0.15, 0.2) is 17.3 Å². The summed E-state index contributed by atoms with van der Waals surface area (Å²) in [5.74, 6) is -0.684. The second-order valence-electron chi connectivity index (χ2n) is 2.37. The first-order valence-electron chi connectivity index (χ1n) is 3.40. The van der Waals surface area contributed by atoms with Gasteiger partial charge >= 0.3 is 5.69 Å². The number of aldehydes is 1. The molecule has 0 bridgehead atoms. The summed E-state index contributed by atoms with van der Waals surface area (Å²) >= 11 is 0. The van der Waals surface area contributed by atoms with Crippen LogP contribution < -0.4 is 0 Å². The molecule has 7 heteroatoms. The number of hydrogen-bond donors (Lipinski definition) is 1. The van der Waals surface area contributed by atoms with Crippen molar-refractivity contribution in [3.05, 3.63) is 32.7 Å².